The minimum Gasteiger partial charge on any atom is -0.376 e. The van der Waals surface area contributed by atoms with Crippen molar-refractivity contribution in [1.29, 1.82) is 0 Å². The molecule has 5 N–H and O–H groups in total. The fraction of sp³-hybridized carbons (Fsp3) is 0.333. The summed E-state index contributed by atoms with van der Waals surface area (Å²) in [7, 11) is 0. The Morgan fingerprint density at radius 2 is 1.62 bits per heavy atom. The molecule has 0 radical (unpaired) electrons. The zero-order chi connectivity index (χ0) is 16.3. The maximum atomic E-state index is 11.3. The van der Waals surface area contributed by atoms with Crippen molar-refractivity contribution in [3.05, 3.63) is 25.3 Å². The van der Waals surface area contributed by atoms with E-state index in [9.17, 15) is 14.4 Å². The molecular weight excluding hydrogens is 296 g/mol. The van der Waals surface area contributed by atoms with Gasteiger partial charge in [-0.05, 0) is 24.4 Å². The summed E-state index contributed by atoms with van der Waals surface area (Å²) in [5.41, 5.74) is 5.14. The molecule has 0 aliphatic rings. The van der Waals surface area contributed by atoms with Gasteiger partial charge in [-0.2, -0.15) is 0 Å². The average Bonchev–Trinajstić information content (AvgIpc) is 2.44. The van der Waals surface area contributed by atoms with Crippen molar-refractivity contribution in [1.82, 2.24) is 16.0 Å². The number of nitrogens with two attached hydrogens (primary N) is 1. The molecule has 116 valence electrons. The highest BCUT2D eigenvalue weighted by atomic mass is 32.1. The van der Waals surface area contributed by atoms with Crippen molar-refractivity contribution in [2.75, 3.05) is 19.7 Å². The molecule has 8 nitrogen and oxygen atoms in total. The molecule has 0 heterocycles. The van der Waals surface area contributed by atoms with E-state index in [0.717, 1.165) is 12.2 Å². The lowest BCUT2D eigenvalue weighted by Crippen LogP contribution is -2.43. The number of carbonyl (C=O) groups is 3. The monoisotopic (exact) mass is 314 g/mol. The quantitative estimate of drug-likeness (QED) is 0.298. The molecule has 0 rings (SSSR count). The smallest absolute Gasteiger partial charge is 0.252 e. The molecule has 21 heavy (non-hydrogen) atoms. The topological polar surface area (TPSA) is 123 Å². The molecule has 0 saturated carbocycles. The second-order valence-corrected chi connectivity index (χ2v) is 4.18. The summed E-state index contributed by atoms with van der Waals surface area (Å²) in [4.78, 5) is 33.5. The Hall–Kier alpha value is -2.26. The van der Waals surface area contributed by atoms with E-state index in [0.29, 0.717) is 0 Å². The van der Waals surface area contributed by atoms with Gasteiger partial charge in [0, 0.05) is 13.1 Å². The number of ether oxygens (including phenoxy) is 1. The highest BCUT2D eigenvalue weighted by molar-refractivity contribution is 7.80. The van der Waals surface area contributed by atoms with Crippen molar-refractivity contribution in [2.45, 2.75) is 6.10 Å². The SMILES string of the molecule is C=CC(=O)NCC(CNC(=O)C=C)OCC(=O)NC(N)=S. The van der Waals surface area contributed by atoms with Gasteiger partial charge in [-0.15, -0.1) is 0 Å². The van der Waals surface area contributed by atoms with Gasteiger partial charge >= 0.3 is 0 Å². The van der Waals surface area contributed by atoms with E-state index < -0.39 is 23.8 Å². The molecule has 0 atom stereocenters. The molecule has 0 aromatic heterocycles. The number of hydrogen-bond donors (Lipinski definition) is 4. The predicted octanol–water partition coefficient (Wildman–Crippen LogP) is -1.66. The Balaban J connectivity index is 4.34. The molecule has 0 fully saturated rings. The largest absolute Gasteiger partial charge is 0.376 e. The van der Waals surface area contributed by atoms with Crippen LogP contribution in [0.3, 0.4) is 0 Å². The fourth-order valence-electron chi connectivity index (χ4n) is 1.13. The molecule has 0 aromatic carbocycles. The minimum atomic E-state index is -0.616. The minimum absolute atomic E-state index is 0.0859. The maximum absolute atomic E-state index is 11.3. The maximum Gasteiger partial charge on any atom is 0.252 e. The van der Waals surface area contributed by atoms with E-state index in [1.165, 1.54) is 0 Å². The molecule has 0 saturated heterocycles. The van der Waals surface area contributed by atoms with E-state index >= 15 is 0 Å². The molecular formula is C12H18N4O4S. The fourth-order valence-corrected chi connectivity index (χ4v) is 1.24. The first-order valence-electron chi connectivity index (χ1n) is 5.90. The summed E-state index contributed by atoms with van der Waals surface area (Å²) in [6.07, 6.45) is 1.58. The summed E-state index contributed by atoms with van der Waals surface area (Å²) >= 11 is 4.51. The van der Waals surface area contributed by atoms with E-state index in [4.69, 9.17) is 10.5 Å². The van der Waals surface area contributed by atoms with Crippen molar-refractivity contribution in [3.8, 4) is 0 Å². The van der Waals surface area contributed by atoms with Crippen LogP contribution in [0.2, 0.25) is 0 Å². The van der Waals surface area contributed by atoms with Gasteiger partial charge in [0.15, 0.2) is 5.11 Å². The van der Waals surface area contributed by atoms with Crippen LogP contribution in [0, 0.1) is 0 Å². The van der Waals surface area contributed by atoms with E-state index in [1.807, 2.05) is 0 Å². The molecule has 0 unspecified atom stereocenters. The summed E-state index contributed by atoms with van der Waals surface area (Å²) in [6, 6.07) is 0. The Labute approximate surface area is 127 Å². The molecule has 9 heteroatoms. The van der Waals surface area contributed by atoms with Gasteiger partial charge in [-0.1, -0.05) is 13.2 Å². The second-order valence-electron chi connectivity index (χ2n) is 3.74. The van der Waals surface area contributed by atoms with E-state index in [1.54, 1.807) is 0 Å². The van der Waals surface area contributed by atoms with Gasteiger partial charge in [0.2, 0.25) is 11.8 Å². The third-order valence-electron chi connectivity index (χ3n) is 2.09. The van der Waals surface area contributed by atoms with Gasteiger partial charge < -0.3 is 26.4 Å². The Morgan fingerprint density at radius 1 is 1.14 bits per heavy atom. The lowest BCUT2D eigenvalue weighted by molar-refractivity contribution is -0.126. The standard InChI is InChI=1S/C12H18N4O4S/c1-3-9(17)14-5-8(6-15-10(18)4-2)20-7-11(19)16-12(13)21/h3-4,8H,1-2,5-7H2,(H,14,17)(H,15,18)(H3,13,16,19,21). The third kappa shape index (κ3) is 10.2. The highest BCUT2D eigenvalue weighted by Crippen LogP contribution is 1.91. The van der Waals surface area contributed by atoms with Crippen LogP contribution in [0.5, 0.6) is 0 Å². The highest BCUT2D eigenvalue weighted by Gasteiger charge is 2.13. The van der Waals surface area contributed by atoms with Crippen molar-refractivity contribution in [2.24, 2.45) is 5.73 Å². The van der Waals surface area contributed by atoms with Gasteiger partial charge in [0.05, 0.1) is 6.10 Å². The molecule has 3 amide bonds. The van der Waals surface area contributed by atoms with Crippen LogP contribution in [0.25, 0.3) is 0 Å². The molecule has 0 spiro atoms. The lowest BCUT2D eigenvalue weighted by Gasteiger charge is -2.18. The van der Waals surface area contributed by atoms with Gasteiger partial charge in [-0.25, -0.2) is 0 Å². The Kier molecular flexibility index (Phi) is 9.39. The summed E-state index contributed by atoms with van der Waals surface area (Å²) in [6.45, 7) is 6.46. The van der Waals surface area contributed by atoms with E-state index in [-0.39, 0.29) is 24.8 Å². The molecule has 0 aliphatic heterocycles. The van der Waals surface area contributed by atoms with Crippen LogP contribution >= 0.6 is 12.2 Å². The molecule has 0 aromatic rings. The van der Waals surface area contributed by atoms with Crippen LogP contribution in [0.15, 0.2) is 25.3 Å². The van der Waals surface area contributed by atoms with Gasteiger partial charge in [-0.3, -0.25) is 14.4 Å². The Morgan fingerprint density at radius 3 is 2.00 bits per heavy atom. The van der Waals surface area contributed by atoms with Crippen LogP contribution in [-0.2, 0) is 19.1 Å². The zero-order valence-corrected chi connectivity index (χ0v) is 12.2. The average molecular weight is 314 g/mol. The van der Waals surface area contributed by atoms with Gasteiger partial charge in [0.1, 0.15) is 6.61 Å². The number of amides is 3. The number of hydrogen-bond acceptors (Lipinski definition) is 5. The van der Waals surface area contributed by atoms with Gasteiger partial charge in [0.25, 0.3) is 5.91 Å². The number of nitrogens with one attached hydrogen (secondary N) is 3. The number of carbonyl (C=O) groups excluding carboxylic acids is 3. The first-order chi connectivity index (χ1) is 9.88. The van der Waals surface area contributed by atoms with Crippen molar-refractivity contribution >= 4 is 35.1 Å². The molecule has 0 aliphatic carbocycles. The third-order valence-corrected chi connectivity index (χ3v) is 2.19. The molecule has 0 bridgehead atoms. The predicted molar refractivity (Wildman–Crippen MR) is 81.1 cm³/mol. The first kappa shape index (κ1) is 18.7. The normalized spacial score (nSPS) is 9.57. The Bertz CT molecular complexity index is 415. The summed E-state index contributed by atoms with van der Waals surface area (Å²) in [5.74, 6) is -1.32. The van der Waals surface area contributed by atoms with Crippen LogP contribution in [0.4, 0.5) is 0 Å². The van der Waals surface area contributed by atoms with Crippen LogP contribution < -0.4 is 21.7 Å². The first-order valence-corrected chi connectivity index (χ1v) is 6.31. The summed E-state index contributed by atoms with van der Waals surface area (Å²) < 4.78 is 5.27. The number of rotatable bonds is 9. The van der Waals surface area contributed by atoms with Crippen molar-refractivity contribution in [3.63, 3.8) is 0 Å². The lowest BCUT2D eigenvalue weighted by atomic mass is 10.3. The zero-order valence-electron chi connectivity index (χ0n) is 11.4. The van der Waals surface area contributed by atoms with E-state index in [2.05, 4.69) is 41.3 Å². The van der Waals surface area contributed by atoms with Crippen molar-refractivity contribution < 1.29 is 19.1 Å². The van der Waals surface area contributed by atoms with Crippen LogP contribution in [0.1, 0.15) is 0 Å². The summed E-state index contributed by atoms with van der Waals surface area (Å²) in [5, 5.41) is 7.02. The number of thiocarbonyl (C=S) groups is 1. The second kappa shape index (κ2) is 10.5. The van der Waals surface area contributed by atoms with Crippen LogP contribution in [-0.4, -0.2) is 48.6 Å².